The van der Waals surface area contributed by atoms with Crippen molar-refractivity contribution in [3.05, 3.63) is 59.0 Å². The predicted molar refractivity (Wildman–Crippen MR) is 98.2 cm³/mol. The zero-order valence-electron chi connectivity index (χ0n) is 13.4. The van der Waals surface area contributed by atoms with E-state index in [1.165, 1.54) is 11.3 Å². The molecule has 0 aliphatic carbocycles. The second kappa shape index (κ2) is 7.14. The summed E-state index contributed by atoms with van der Waals surface area (Å²) in [6.07, 6.45) is 1.54. The summed E-state index contributed by atoms with van der Waals surface area (Å²) >= 11 is 1.47. The lowest BCUT2D eigenvalue weighted by Gasteiger charge is -2.07. The third-order valence-electron chi connectivity index (χ3n) is 3.48. The molecule has 0 fully saturated rings. The molecule has 6 heteroatoms. The number of rotatable bonds is 5. The molecule has 2 aromatic carbocycles. The first-order valence-corrected chi connectivity index (χ1v) is 8.23. The number of thiazole rings is 1. The summed E-state index contributed by atoms with van der Waals surface area (Å²) in [4.78, 5) is 4.49. The molecule has 0 saturated carbocycles. The molecule has 1 aromatic heterocycles. The maximum absolute atomic E-state index is 9.97. The third-order valence-corrected chi connectivity index (χ3v) is 4.23. The molecule has 2 N–H and O–H groups in total. The van der Waals surface area contributed by atoms with Crippen molar-refractivity contribution < 1.29 is 9.84 Å². The number of hydrogen-bond acceptors (Lipinski definition) is 6. The number of benzene rings is 2. The Morgan fingerprint density at radius 1 is 1.25 bits per heavy atom. The number of aromatic nitrogens is 1. The minimum Gasteiger partial charge on any atom is -0.507 e. The molecule has 24 heavy (non-hydrogen) atoms. The van der Waals surface area contributed by atoms with Crippen LogP contribution in [0.2, 0.25) is 0 Å². The first kappa shape index (κ1) is 16.0. The van der Waals surface area contributed by atoms with Gasteiger partial charge >= 0.3 is 0 Å². The summed E-state index contributed by atoms with van der Waals surface area (Å²) in [7, 11) is 1.60. The van der Waals surface area contributed by atoms with E-state index in [2.05, 4.69) is 15.5 Å². The Morgan fingerprint density at radius 3 is 2.79 bits per heavy atom. The minimum atomic E-state index is 0.156. The molecule has 0 bridgehead atoms. The Bertz CT molecular complexity index is 860. The zero-order valence-corrected chi connectivity index (χ0v) is 14.2. The largest absolute Gasteiger partial charge is 0.507 e. The molecule has 0 aliphatic heterocycles. The number of aromatic hydroxyl groups is 1. The van der Waals surface area contributed by atoms with Crippen LogP contribution in [0.15, 0.2) is 52.9 Å². The standard InChI is InChI=1S/C18H17N3O2S/c1-12-8-16(22)14(9-17(12)23-2)10-19-21-18-20-15(11-24-18)13-6-4-3-5-7-13/h3-11,22H,1-2H3,(H,20,21). The van der Waals surface area contributed by atoms with Gasteiger partial charge in [-0.05, 0) is 24.6 Å². The van der Waals surface area contributed by atoms with Crippen LogP contribution in [0.5, 0.6) is 11.5 Å². The van der Waals surface area contributed by atoms with E-state index in [1.807, 2.05) is 42.6 Å². The number of ether oxygens (including phenoxy) is 1. The average molecular weight is 339 g/mol. The third kappa shape index (κ3) is 3.55. The monoisotopic (exact) mass is 339 g/mol. The first-order valence-electron chi connectivity index (χ1n) is 7.35. The van der Waals surface area contributed by atoms with Crippen LogP contribution >= 0.6 is 11.3 Å². The summed E-state index contributed by atoms with van der Waals surface area (Å²) in [6, 6.07) is 13.4. The topological polar surface area (TPSA) is 66.7 Å². The van der Waals surface area contributed by atoms with Crippen LogP contribution in [0.4, 0.5) is 5.13 Å². The van der Waals surface area contributed by atoms with Gasteiger partial charge in [-0.1, -0.05) is 30.3 Å². The lowest BCUT2D eigenvalue weighted by molar-refractivity contribution is 0.409. The van der Waals surface area contributed by atoms with Crippen molar-refractivity contribution in [2.24, 2.45) is 5.10 Å². The number of anilines is 1. The van der Waals surface area contributed by atoms with E-state index < -0.39 is 0 Å². The second-order valence-electron chi connectivity index (χ2n) is 5.15. The SMILES string of the molecule is COc1cc(C=NNc2nc(-c3ccccc3)cs2)c(O)cc1C. The Labute approximate surface area is 144 Å². The van der Waals surface area contributed by atoms with Crippen LogP contribution in [-0.2, 0) is 0 Å². The van der Waals surface area contributed by atoms with Crippen LogP contribution in [0.25, 0.3) is 11.3 Å². The van der Waals surface area contributed by atoms with Gasteiger partial charge in [-0.15, -0.1) is 11.3 Å². The molecule has 5 nitrogen and oxygen atoms in total. The predicted octanol–water partition coefficient (Wildman–Crippen LogP) is 4.28. The Kier molecular flexibility index (Phi) is 4.77. The smallest absolute Gasteiger partial charge is 0.203 e. The fourth-order valence-electron chi connectivity index (χ4n) is 2.24. The fourth-order valence-corrected chi connectivity index (χ4v) is 2.90. The second-order valence-corrected chi connectivity index (χ2v) is 6.01. The highest BCUT2D eigenvalue weighted by atomic mass is 32.1. The van der Waals surface area contributed by atoms with Gasteiger partial charge < -0.3 is 9.84 Å². The molecule has 0 saturated heterocycles. The van der Waals surface area contributed by atoms with E-state index in [0.29, 0.717) is 16.4 Å². The van der Waals surface area contributed by atoms with E-state index in [1.54, 1.807) is 25.5 Å². The number of hydrogen-bond donors (Lipinski definition) is 2. The lowest BCUT2D eigenvalue weighted by Crippen LogP contribution is -1.93. The minimum absolute atomic E-state index is 0.156. The molecule has 1 heterocycles. The lowest BCUT2D eigenvalue weighted by atomic mass is 10.1. The number of nitrogens with zero attached hydrogens (tertiary/aromatic N) is 2. The molecular weight excluding hydrogens is 322 g/mol. The Balaban J connectivity index is 1.72. The van der Waals surface area contributed by atoms with Crippen LogP contribution < -0.4 is 10.2 Å². The number of phenolic OH excluding ortho intramolecular Hbond substituents is 1. The highest BCUT2D eigenvalue weighted by Crippen LogP contribution is 2.27. The van der Waals surface area contributed by atoms with Gasteiger partial charge in [0, 0.05) is 16.5 Å². The van der Waals surface area contributed by atoms with Crippen molar-refractivity contribution in [1.29, 1.82) is 0 Å². The van der Waals surface area contributed by atoms with Crippen molar-refractivity contribution >= 4 is 22.7 Å². The molecule has 0 spiro atoms. The van der Waals surface area contributed by atoms with Gasteiger partial charge in [-0.3, -0.25) is 5.43 Å². The maximum Gasteiger partial charge on any atom is 0.203 e. The van der Waals surface area contributed by atoms with Crippen LogP contribution in [-0.4, -0.2) is 23.4 Å². The summed E-state index contributed by atoms with van der Waals surface area (Å²) in [6.45, 7) is 1.87. The number of methoxy groups -OCH3 is 1. The zero-order chi connectivity index (χ0) is 16.9. The molecule has 0 unspecified atom stereocenters. The van der Waals surface area contributed by atoms with E-state index >= 15 is 0 Å². The highest BCUT2D eigenvalue weighted by molar-refractivity contribution is 7.14. The van der Waals surface area contributed by atoms with Gasteiger partial charge in [0.15, 0.2) is 0 Å². The molecule has 0 radical (unpaired) electrons. The van der Waals surface area contributed by atoms with Crippen LogP contribution in [0.3, 0.4) is 0 Å². The molecular formula is C18H17N3O2S. The van der Waals surface area contributed by atoms with Crippen molar-refractivity contribution in [1.82, 2.24) is 4.98 Å². The molecule has 0 aliphatic rings. The first-order chi connectivity index (χ1) is 11.7. The van der Waals surface area contributed by atoms with Gasteiger partial charge in [0.1, 0.15) is 11.5 Å². The molecule has 3 aromatic rings. The summed E-state index contributed by atoms with van der Waals surface area (Å²) < 4.78 is 5.25. The van der Waals surface area contributed by atoms with Gasteiger partial charge in [-0.25, -0.2) is 4.98 Å². The van der Waals surface area contributed by atoms with Crippen molar-refractivity contribution in [3.8, 4) is 22.8 Å². The van der Waals surface area contributed by atoms with Crippen molar-refractivity contribution in [3.63, 3.8) is 0 Å². The van der Waals surface area contributed by atoms with Crippen LogP contribution in [0.1, 0.15) is 11.1 Å². The number of aryl methyl sites for hydroxylation is 1. The Hall–Kier alpha value is -2.86. The van der Waals surface area contributed by atoms with Crippen LogP contribution in [0, 0.1) is 6.92 Å². The quantitative estimate of drug-likeness (QED) is 0.538. The van der Waals surface area contributed by atoms with E-state index in [4.69, 9.17) is 4.74 Å². The highest BCUT2D eigenvalue weighted by Gasteiger charge is 2.06. The van der Waals surface area contributed by atoms with Crippen molar-refractivity contribution in [2.75, 3.05) is 12.5 Å². The summed E-state index contributed by atoms with van der Waals surface area (Å²) in [5.41, 5.74) is 6.29. The molecule has 0 amide bonds. The Morgan fingerprint density at radius 2 is 2.04 bits per heavy atom. The van der Waals surface area contributed by atoms with E-state index in [0.717, 1.165) is 16.8 Å². The number of nitrogens with one attached hydrogen (secondary N) is 1. The van der Waals surface area contributed by atoms with Gasteiger partial charge in [0.25, 0.3) is 0 Å². The average Bonchev–Trinajstić information content (AvgIpc) is 3.06. The molecule has 3 rings (SSSR count). The van der Waals surface area contributed by atoms with E-state index in [9.17, 15) is 5.11 Å². The fraction of sp³-hybridized carbons (Fsp3) is 0.111. The number of hydrazone groups is 1. The normalized spacial score (nSPS) is 10.9. The maximum atomic E-state index is 9.97. The van der Waals surface area contributed by atoms with Gasteiger partial charge in [-0.2, -0.15) is 5.10 Å². The van der Waals surface area contributed by atoms with E-state index in [-0.39, 0.29) is 5.75 Å². The van der Waals surface area contributed by atoms with Crippen molar-refractivity contribution in [2.45, 2.75) is 6.92 Å². The molecule has 122 valence electrons. The van der Waals surface area contributed by atoms with Gasteiger partial charge in [0.2, 0.25) is 5.13 Å². The number of phenols is 1. The summed E-state index contributed by atoms with van der Waals surface area (Å²) in [5.74, 6) is 0.859. The van der Waals surface area contributed by atoms with Gasteiger partial charge in [0.05, 0.1) is 19.0 Å². The summed E-state index contributed by atoms with van der Waals surface area (Å²) in [5, 5.41) is 16.8. The molecule has 0 atom stereocenters.